The van der Waals surface area contributed by atoms with E-state index < -0.39 is 0 Å². The summed E-state index contributed by atoms with van der Waals surface area (Å²) in [4.78, 5) is 0. The van der Waals surface area contributed by atoms with Crippen molar-refractivity contribution >= 4 is 0 Å². The maximum absolute atomic E-state index is 6.08. The minimum atomic E-state index is 0.0496. The second-order valence-electron chi connectivity index (χ2n) is 8.73. The van der Waals surface area contributed by atoms with E-state index in [9.17, 15) is 0 Å². The average molecular weight is 441 g/mol. The van der Waals surface area contributed by atoms with Gasteiger partial charge in [0.25, 0.3) is 0 Å². The van der Waals surface area contributed by atoms with Gasteiger partial charge in [-0.3, -0.25) is 0 Å². The van der Waals surface area contributed by atoms with Crippen LogP contribution in [0.1, 0.15) is 39.5 Å². The summed E-state index contributed by atoms with van der Waals surface area (Å²) in [6, 6.07) is 16.3. The fourth-order valence-corrected chi connectivity index (χ4v) is 4.09. The van der Waals surface area contributed by atoms with Crippen LogP contribution in [0.5, 0.6) is 23.0 Å². The van der Waals surface area contributed by atoms with Crippen molar-refractivity contribution < 1.29 is 18.9 Å². The largest absolute Gasteiger partial charge is 0.486 e. The number of nitrogens with one attached hydrogen (secondary N) is 2. The van der Waals surface area contributed by atoms with Crippen molar-refractivity contribution in [2.45, 2.75) is 63.8 Å². The van der Waals surface area contributed by atoms with Gasteiger partial charge in [-0.15, -0.1) is 0 Å². The molecule has 174 valence electrons. The first-order valence-corrected chi connectivity index (χ1v) is 11.9. The lowest BCUT2D eigenvalue weighted by atomic mass is 10.1. The molecule has 0 bridgehead atoms. The Bertz CT molecular complexity index is 777. The van der Waals surface area contributed by atoms with E-state index in [0.29, 0.717) is 13.2 Å². The Balaban J connectivity index is 1.03. The highest BCUT2D eigenvalue weighted by Crippen LogP contribution is 2.32. The Kier molecular flexibility index (Phi) is 8.13. The normalized spacial score (nSPS) is 21.1. The lowest BCUT2D eigenvalue weighted by molar-refractivity contribution is 0.0664. The SMILES string of the molecule is C[C@H](NCCCCCCN[C@H](C)[C@H]1COc2ccccc2O1)[C@H]1COc2ccccc2O1. The Morgan fingerprint density at radius 3 is 1.50 bits per heavy atom. The average Bonchev–Trinajstić information content (AvgIpc) is 2.84. The van der Waals surface area contributed by atoms with Crippen LogP contribution in [0.4, 0.5) is 0 Å². The predicted octanol–water partition coefficient (Wildman–Crippen LogP) is 4.18. The quantitative estimate of drug-likeness (QED) is 0.511. The molecule has 0 fully saturated rings. The fraction of sp³-hybridized carbons (Fsp3) is 0.538. The Hall–Kier alpha value is -2.44. The fourth-order valence-electron chi connectivity index (χ4n) is 4.09. The van der Waals surface area contributed by atoms with Gasteiger partial charge in [0.05, 0.1) is 0 Å². The van der Waals surface area contributed by atoms with E-state index in [1.54, 1.807) is 0 Å². The molecular formula is C26H36N2O4. The third kappa shape index (κ3) is 6.08. The van der Waals surface area contributed by atoms with Crippen LogP contribution in [0.15, 0.2) is 48.5 Å². The molecule has 0 saturated carbocycles. The van der Waals surface area contributed by atoms with Crippen molar-refractivity contribution in [3.8, 4) is 23.0 Å². The molecule has 0 saturated heterocycles. The van der Waals surface area contributed by atoms with Crippen molar-refractivity contribution in [3.63, 3.8) is 0 Å². The first kappa shape index (κ1) is 22.7. The molecule has 0 spiro atoms. The number of para-hydroxylation sites is 4. The molecule has 2 N–H and O–H groups in total. The summed E-state index contributed by atoms with van der Waals surface area (Å²) in [5.74, 6) is 3.36. The van der Waals surface area contributed by atoms with Gasteiger partial charge < -0.3 is 29.6 Å². The topological polar surface area (TPSA) is 61.0 Å². The zero-order valence-electron chi connectivity index (χ0n) is 19.2. The van der Waals surface area contributed by atoms with Crippen LogP contribution < -0.4 is 29.6 Å². The maximum atomic E-state index is 6.08. The Morgan fingerprint density at radius 2 is 1.06 bits per heavy atom. The van der Waals surface area contributed by atoms with E-state index in [0.717, 1.165) is 36.1 Å². The van der Waals surface area contributed by atoms with Gasteiger partial charge in [0, 0.05) is 12.1 Å². The summed E-state index contributed by atoms with van der Waals surface area (Å²) in [6.07, 6.45) is 4.87. The van der Waals surface area contributed by atoms with E-state index in [4.69, 9.17) is 18.9 Å². The van der Waals surface area contributed by atoms with Crippen LogP contribution >= 0.6 is 0 Å². The van der Waals surface area contributed by atoms with E-state index >= 15 is 0 Å². The van der Waals surface area contributed by atoms with Crippen molar-refractivity contribution in [1.29, 1.82) is 0 Å². The Morgan fingerprint density at radius 1 is 0.656 bits per heavy atom. The molecule has 2 aliphatic heterocycles. The van der Waals surface area contributed by atoms with Crippen LogP contribution in [-0.4, -0.2) is 50.6 Å². The number of rotatable bonds is 11. The number of ether oxygens (including phenoxy) is 4. The predicted molar refractivity (Wildman–Crippen MR) is 126 cm³/mol. The lowest BCUT2D eigenvalue weighted by Crippen LogP contribution is -2.46. The third-order valence-electron chi connectivity index (χ3n) is 6.21. The monoisotopic (exact) mass is 440 g/mol. The maximum Gasteiger partial charge on any atom is 0.161 e. The van der Waals surface area contributed by atoms with Gasteiger partial charge in [-0.1, -0.05) is 37.1 Å². The third-order valence-corrected chi connectivity index (χ3v) is 6.21. The summed E-state index contributed by atoms with van der Waals surface area (Å²) in [7, 11) is 0. The number of hydrogen-bond acceptors (Lipinski definition) is 6. The zero-order valence-corrected chi connectivity index (χ0v) is 19.2. The molecule has 0 unspecified atom stereocenters. The molecule has 2 heterocycles. The van der Waals surface area contributed by atoms with Crippen molar-refractivity contribution in [3.05, 3.63) is 48.5 Å². The highest BCUT2D eigenvalue weighted by Gasteiger charge is 2.26. The van der Waals surface area contributed by atoms with E-state index in [2.05, 4.69) is 24.5 Å². The van der Waals surface area contributed by atoms with Crippen LogP contribution in [0.25, 0.3) is 0 Å². The summed E-state index contributed by atoms with van der Waals surface area (Å²) in [6.45, 7) is 7.52. The molecule has 0 aliphatic carbocycles. The van der Waals surface area contributed by atoms with Crippen LogP contribution in [0.2, 0.25) is 0 Å². The minimum Gasteiger partial charge on any atom is -0.486 e. The molecule has 4 atom stereocenters. The standard InChI is InChI=1S/C26H36N2O4/c1-19(25-17-29-21-11-5-7-13-23(21)31-25)27-15-9-3-4-10-16-28-20(2)26-18-30-22-12-6-8-14-24(22)32-26/h5-8,11-14,19-20,25-28H,3-4,9-10,15-18H2,1-2H3/t19-,20+,25-,26-/m1/s1. The van der Waals surface area contributed by atoms with Crippen LogP contribution in [0, 0.1) is 0 Å². The molecule has 0 aromatic heterocycles. The van der Waals surface area contributed by atoms with E-state index in [1.807, 2.05) is 48.5 Å². The van der Waals surface area contributed by atoms with Crippen molar-refractivity contribution in [1.82, 2.24) is 10.6 Å². The van der Waals surface area contributed by atoms with Gasteiger partial charge in [0.2, 0.25) is 0 Å². The lowest BCUT2D eigenvalue weighted by Gasteiger charge is -2.31. The number of unbranched alkanes of at least 4 members (excludes halogenated alkanes) is 3. The highest BCUT2D eigenvalue weighted by molar-refractivity contribution is 5.41. The van der Waals surface area contributed by atoms with Gasteiger partial charge in [0.15, 0.2) is 23.0 Å². The molecule has 32 heavy (non-hydrogen) atoms. The molecule has 2 aliphatic rings. The smallest absolute Gasteiger partial charge is 0.161 e. The Labute approximate surface area is 191 Å². The second-order valence-corrected chi connectivity index (χ2v) is 8.73. The van der Waals surface area contributed by atoms with E-state index in [-0.39, 0.29) is 24.3 Å². The summed E-state index contributed by atoms with van der Waals surface area (Å²) < 4.78 is 23.8. The molecule has 4 rings (SSSR count). The van der Waals surface area contributed by atoms with Crippen molar-refractivity contribution in [2.75, 3.05) is 26.3 Å². The van der Waals surface area contributed by atoms with Crippen LogP contribution in [-0.2, 0) is 0 Å². The first-order chi connectivity index (χ1) is 15.7. The van der Waals surface area contributed by atoms with Gasteiger partial charge in [-0.05, 0) is 64.0 Å². The molecule has 0 radical (unpaired) electrons. The van der Waals surface area contributed by atoms with Gasteiger partial charge in [-0.25, -0.2) is 0 Å². The molecular weight excluding hydrogens is 404 g/mol. The molecule has 0 amide bonds. The zero-order chi connectivity index (χ0) is 22.2. The number of hydrogen-bond donors (Lipinski definition) is 2. The number of benzene rings is 2. The van der Waals surface area contributed by atoms with E-state index in [1.165, 1.54) is 25.7 Å². The summed E-state index contributed by atoms with van der Waals surface area (Å²) >= 11 is 0. The number of fused-ring (bicyclic) bond motifs is 2. The first-order valence-electron chi connectivity index (χ1n) is 11.9. The molecule has 6 nitrogen and oxygen atoms in total. The van der Waals surface area contributed by atoms with Crippen LogP contribution in [0.3, 0.4) is 0 Å². The van der Waals surface area contributed by atoms with Crippen molar-refractivity contribution in [2.24, 2.45) is 0 Å². The molecule has 2 aromatic rings. The minimum absolute atomic E-state index is 0.0496. The van der Waals surface area contributed by atoms with Gasteiger partial charge in [-0.2, -0.15) is 0 Å². The van der Waals surface area contributed by atoms with Gasteiger partial charge >= 0.3 is 0 Å². The highest BCUT2D eigenvalue weighted by atomic mass is 16.6. The second kappa shape index (κ2) is 11.4. The molecule has 6 heteroatoms. The summed E-state index contributed by atoms with van der Waals surface area (Å²) in [5.41, 5.74) is 0. The summed E-state index contributed by atoms with van der Waals surface area (Å²) in [5, 5.41) is 7.18. The molecule has 2 aromatic carbocycles. The van der Waals surface area contributed by atoms with Gasteiger partial charge in [0.1, 0.15) is 25.4 Å².